The van der Waals surface area contributed by atoms with Crippen LogP contribution in [0.2, 0.25) is 0 Å². The van der Waals surface area contributed by atoms with E-state index in [4.69, 9.17) is 15.2 Å². The summed E-state index contributed by atoms with van der Waals surface area (Å²) in [6, 6.07) is 14.1. The first kappa shape index (κ1) is 14.5. The van der Waals surface area contributed by atoms with Gasteiger partial charge in [-0.05, 0) is 23.8 Å². The van der Waals surface area contributed by atoms with Crippen LogP contribution in [-0.4, -0.2) is 13.7 Å². The number of nitrogens with two attached hydrogens (primary N) is 1. The maximum absolute atomic E-state index is 13.7. The van der Waals surface area contributed by atoms with Gasteiger partial charge in [0.25, 0.3) is 0 Å². The lowest BCUT2D eigenvalue weighted by molar-refractivity contribution is 0.0433. The quantitative estimate of drug-likeness (QED) is 0.881. The summed E-state index contributed by atoms with van der Waals surface area (Å²) in [5.74, 6) is 0.496. The van der Waals surface area contributed by atoms with Crippen LogP contribution >= 0.6 is 0 Å². The molecule has 0 fully saturated rings. The molecule has 2 N–H and O–H groups in total. The van der Waals surface area contributed by atoms with Crippen molar-refractivity contribution in [1.29, 1.82) is 0 Å². The molecule has 0 spiro atoms. The molecule has 106 valence electrons. The van der Waals surface area contributed by atoms with Crippen LogP contribution in [-0.2, 0) is 11.3 Å². The summed E-state index contributed by atoms with van der Waals surface area (Å²) in [7, 11) is 1.62. The molecule has 0 saturated carbocycles. The monoisotopic (exact) mass is 275 g/mol. The summed E-state index contributed by atoms with van der Waals surface area (Å²) in [5, 5.41) is 0. The molecule has 2 aromatic carbocycles. The lowest BCUT2D eigenvalue weighted by Gasteiger charge is -2.17. The van der Waals surface area contributed by atoms with Crippen molar-refractivity contribution in [2.45, 2.75) is 12.7 Å². The van der Waals surface area contributed by atoms with Crippen LogP contribution in [0.3, 0.4) is 0 Å². The topological polar surface area (TPSA) is 44.5 Å². The summed E-state index contributed by atoms with van der Waals surface area (Å²) in [4.78, 5) is 0. The third-order valence-electron chi connectivity index (χ3n) is 3.08. The number of halogens is 1. The smallest absolute Gasteiger partial charge is 0.129 e. The van der Waals surface area contributed by atoms with E-state index in [1.54, 1.807) is 25.3 Å². The number of hydrogen-bond donors (Lipinski definition) is 1. The van der Waals surface area contributed by atoms with Crippen LogP contribution in [0.1, 0.15) is 17.2 Å². The van der Waals surface area contributed by atoms with Crippen LogP contribution in [0.25, 0.3) is 0 Å². The van der Waals surface area contributed by atoms with Gasteiger partial charge in [0.2, 0.25) is 0 Å². The first-order valence-electron chi connectivity index (χ1n) is 6.43. The van der Waals surface area contributed by atoms with Crippen LogP contribution in [0.15, 0.2) is 48.5 Å². The lowest BCUT2D eigenvalue weighted by Crippen LogP contribution is -2.17. The van der Waals surface area contributed by atoms with Crippen molar-refractivity contribution in [2.24, 2.45) is 5.73 Å². The van der Waals surface area contributed by atoms with E-state index in [0.717, 1.165) is 11.3 Å². The Balaban J connectivity index is 2.02. The minimum Gasteiger partial charge on any atom is -0.497 e. The van der Waals surface area contributed by atoms with Gasteiger partial charge >= 0.3 is 0 Å². The van der Waals surface area contributed by atoms with E-state index in [1.165, 1.54) is 6.07 Å². The second-order valence-electron chi connectivity index (χ2n) is 4.40. The molecule has 1 unspecified atom stereocenters. The van der Waals surface area contributed by atoms with Crippen molar-refractivity contribution in [1.82, 2.24) is 0 Å². The standard InChI is InChI=1S/C16H18FNO2/c1-19-13-8-6-12(7-9-13)11-20-16(10-18)14-4-2-3-5-15(14)17/h2-9,16H,10-11,18H2,1H3. The van der Waals surface area contributed by atoms with E-state index in [9.17, 15) is 4.39 Å². The normalized spacial score (nSPS) is 12.2. The van der Waals surface area contributed by atoms with Gasteiger partial charge in [-0.2, -0.15) is 0 Å². The van der Waals surface area contributed by atoms with Gasteiger partial charge in [0.1, 0.15) is 11.6 Å². The molecule has 3 nitrogen and oxygen atoms in total. The van der Waals surface area contributed by atoms with Crippen LogP contribution < -0.4 is 10.5 Å². The second-order valence-corrected chi connectivity index (χ2v) is 4.40. The highest BCUT2D eigenvalue weighted by Crippen LogP contribution is 2.21. The molecule has 2 rings (SSSR count). The van der Waals surface area contributed by atoms with Gasteiger partial charge < -0.3 is 15.2 Å². The molecular weight excluding hydrogens is 257 g/mol. The summed E-state index contributed by atoms with van der Waals surface area (Å²) >= 11 is 0. The van der Waals surface area contributed by atoms with Gasteiger partial charge in [0, 0.05) is 12.1 Å². The van der Waals surface area contributed by atoms with Crippen LogP contribution in [0.5, 0.6) is 5.75 Å². The van der Waals surface area contributed by atoms with E-state index in [2.05, 4.69) is 0 Å². The Morgan fingerprint density at radius 2 is 1.80 bits per heavy atom. The average molecular weight is 275 g/mol. The fourth-order valence-corrected chi connectivity index (χ4v) is 1.94. The van der Waals surface area contributed by atoms with Gasteiger partial charge in [0.15, 0.2) is 0 Å². The van der Waals surface area contributed by atoms with Gasteiger partial charge in [-0.25, -0.2) is 4.39 Å². The zero-order valence-corrected chi connectivity index (χ0v) is 11.4. The Hall–Kier alpha value is -1.91. The SMILES string of the molecule is COc1ccc(COC(CN)c2ccccc2F)cc1. The lowest BCUT2D eigenvalue weighted by atomic mass is 10.1. The van der Waals surface area contributed by atoms with Crippen molar-refractivity contribution in [3.63, 3.8) is 0 Å². The van der Waals surface area contributed by atoms with Crippen molar-refractivity contribution in [3.05, 3.63) is 65.5 Å². The van der Waals surface area contributed by atoms with Crippen molar-refractivity contribution in [2.75, 3.05) is 13.7 Å². The Morgan fingerprint density at radius 3 is 2.40 bits per heavy atom. The second kappa shape index (κ2) is 7.03. The first-order chi connectivity index (χ1) is 9.74. The van der Waals surface area contributed by atoms with Crippen molar-refractivity contribution >= 4 is 0 Å². The molecular formula is C16H18FNO2. The number of rotatable bonds is 6. The number of hydrogen-bond acceptors (Lipinski definition) is 3. The van der Waals surface area contributed by atoms with Gasteiger partial charge in [-0.15, -0.1) is 0 Å². The fraction of sp³-hybridized carbons (Fsp3) is 0.250. The van der Waals surface area contributed by atoms with Crippen LogP contribution in [0, 0.1) is 5.82 Å². The fourth-order valence-electron chi connectivity index (χ4n) is 1.94. The van der Waals surface area contributed by atoms with Gasteiger partial charge in [-0.1, -0.05) is 30.3 Å². The zero-order valence-electron chi connectivity index (χ0n) is 11.4. The van der Waals surface area contributed by atoms with Crippen LogP contribution in [0.4, 0.5) is 4.39 Å². The molecule has 0 aliphatic rings. The van der Waals surface area contributed by atoms with E-state index < -0.39 is 6.10 Å². The third kappa shape index (κ3) is 3.56. The minimum atomic E-state index is -0.446. The zero-order chi connectivity index (χ0) is 14.4. The predicted molar refractivity (Wildman–Crippen MR) is 76.0 cm³/mol. The highest BCUT2D eigenvalue weighted by Gasteiger charge is 2.14. The Bertz CT molecular complexity index is 542. The Kier molecular flexibility index (Phi) is 5.09. The molecule has 4 heteroatoms. The Morgan fingerprint density at radius 1 is 1.10 bits per heavy atom. The first-order valence-corrected chi connectivity index (χ1v) is 6.43. The maximum Gasteiger partial charge on any atom is 0.129 e. The van der Waals surface area contributed by atoms with E-state index in [0.29, 0.717) is 12.2 Å². The summed E-state index contributed by atoms with van der Waals surface area (Å²) in [6.07, 6.45) is -0.446. The minimum absolute atomic E-state index is 0.233. The largest absolute Gasteiger partial charge is 0.497 e. The van der Waals surface area contributed by atoms with Crippen molar-refractivity contribution < 1.29 is 13.9 Å². The number of ether oxygens (including phenoxy) is 2. The molecule has 0 aromatic heterocycles. The van der Waals surface area contributed by atoms with Crippen molar-refractivity contribution in [3.8, 4) is 5.75 Å². The molecule has 20 heavy (non-hydrogen) atoms. The molecule has 0 amide bonds. The summed E-state index contributed by atoms with van der Waals surface area (Å²) < 4.78 is 24.5. The maximum atomic E-state index is 13.7. The van der Waals surface area contributed by atoms with Gasteiger partial charge in [0.05, 0.1) is 19.8 Å². The molecule has 0 aliphatic carbocycles. The molecule has 2 aromatic rings. The van der Waals surface area contributed by atoms with E-state index in [1.807, 2.05) is 24.3 Å². The highest BCUT2D eigenvalue weighted by atomic mass is 19.1. The molecule has 0 saturated heterocycles. The Labute approximate surface area is 118 Å². The molecule has 1 atom stereocenters. The third-order valence-corrected chi connectivity index (χ3v) is 3.08. The van der Waals surface area contributed by atoms with E-state index in [-0.39, 0.29) is 12.4 Å². The molecule has 0 heterocycles. The molecule has 0 bridgehead atoms. The van der Waals surface area contributed by atoms with Gasteiger partial charge in [-0.3, -0.25) is 0 Å². The molecule has 0 aliphatic heterocycles. The predicted octanol–water partition coefficient (Wildman–Crippen LogP) is 3.05. The highest BCUT2D eigenvalue weighted by molar-refractivity contribution is 5.27. The number of benzene rings is 2. The average Bonchev–Trinajstić information content (AvgIpc) is 2.50. The number of methoxy groups -OCH3 is 1. The summed E-state index contributed by atoms with van der Waals surface area (Å²) in [5.41, 5.74) is 7.15. The summed E-state index contributed by atoms with van der Waals surface area (Å²) in [6.45, 7) is 0.608. The molecule has 0 radical (unpaired) electrons. The van der Waals surface area contributed by atoms with E-state index >= 15 is 0 Å².